The average Bonchev–Trinajstić information content (AvgIpc) is 3.14. The predicted octanol–water partition coefficient (Wildman–Crippen LogP) is 3.82. The Labute approximate surface area is 164 Å². The lowest BCUT2D eigenvalue weighted by Crippen LogP contribution is -2.42. The van der Waals surface area contributed by atoms with E-state index in [-0.39, 0.29) is 12.0 Å². The summed E-state index contributed by atoms with van der Waals surface area (Å²) < 4.78 is 11.4. The second-order valence-electron chi connectivity index (χ2n) is 6.84. The molecule has 0 aliphatic carbocycles. The molecule has 1 aliphatic rings. The molecule has 0 saturated carbocycles. The van der Waals surface area contributed by atoms with E-state index in [2.05, 4.69) is 5.16 Å². The van der Waals surface area contributed by atoms with Gasteiger partial charge in [-0.25, -0.2) is 4.98 Å². The van der Waals surface area contributed by atoms with E-state index < -0.39 is 0 Å². The summed E-state index contributed by atoms with van der Waals surface area (Å²) in [6.07, 6.45) is 0.494. The minimum Gasteiger partial charge on any atom is -0.368 e. The Morgan fingerprint density at radius 3 is 2.79 bits per heavy atom. The third-order valence-electron chi connectivity index (χ3n) is 4.99. The Bertz CT molecular complexity index is 968. The van der Waals surface area contributed by atoms with E-state index in [0.717, 1.165) is 34.8 Å². The number of hydrogen-bond acceptors (Lipinski definition) is 5. The molecule has 6 heteroatoms. The highest BCUT2D eigenvalue weighted by atomic mass is 16.5. The van der Waals surface area contributed by atoms with Gasteiger partial charge >= 0.3 is 0 Å². The van der Waals surface area contributed by atoms with Gasteiger partial charge in [-0.3, -0.25) is 4.79 Å². The maximum Gasteiger partial charge on any atom is 0.254 e. The fraction of sp³-hybridized carbons (Fsp3) is 0.318. The lowest BCUT2D eigenvalue weighted by molar-refractivity contribution is -0.0246. The van der Waals surface area contributed by atoms with E-state index in [9.17, 15) is 4.79 Å². The van der Waals surface area contributed by atoms with Gasteiger partial charge in [0.25, 0.3) is 5.91 Å². The maximum atomic E-state index is 12.8. The Hall–Kier alpha value is -2.99. The van der Waals surface area contributed by atoms with Gasteiger partial charge in [0.1, 0.15) is 11.9 Å². The van der Waals surface area contributed by atoms with Crippen molar-refractivity contribution >= 4 is 5.91 Å². The number of nitrogens with zero attached hydrogens (tertiary/aromatic N) is 3. The van der Waals surface area contributed by atoms with Crippen molar-refractivity contribution in [1.29, 1.82) is 0 Å². The number of amides is 1. The van der Waals surface area contributed by atoms with Gasteiger partial charge in [-0.1, -0.05) is 36.3 Å². The van der Waals surface area contributed by atoms with Crippen molar-refractivity contribution in [2.45, 2.75) is 26.4 Å². The number of aryl methyl sites for hydroxylation is 2. The summed E-state index contributed by atoms with van der Waals surface area (Å²) in [5.74, 6) is 0.848. The third kappa shape index (κ3) is 3.55. The van der Waals surface area contributed by atoms with Gasteiger partial charge in [0.2, 0.25) is 0 Å². The number of aromatic nitrogens is 2. The zero-order valence-corrected chi connectivity index (χ0v) is 16.1. The van der Waals surface area contributed by atoms with E-state index in [0.29, 0.717) is 25.3 Å². The molecule has 0 unspecified atom stereocenters. The van der Waals surface area contributed by atoms with Crippen LogP contribution in [0.3, 0.4) is 0 Å². The van der Waals surface area contributed by atoms with Crippen LogP contribution in [0.1, 0.15) is 40.5 Å². The molecule has 0 radical (unpaired) electrons. The number of carbonyl (C=O) groups is 1. The first-order chi connectivity index (χ1) is 13.7. The van der Waals surface area contributed by atoms with Crippen LogP contribution in [0.5, 0.6) is 0 Å². The van der Waals surface area contributed by atoms with E-state index in [1.165, 1.54) is 0 Å². The smallest absolute Gasteiger partial charge is 0.254 e. The molecule has 1 fully saturated rings. The van der Waals surface area contributed by atoms with Gasteiger partial charge in [0.05, 0.1) is 35.8 Å². The lowest BCUT2D eigenvalue weighted by Gasteiger charge is -2.33. The molecule has 3 heterocycles. The van der Waals surface area contributed by atoms with Crippen LogP contribution in [0.4, 0.5) is 0 Å². The van der Waals surface area contributed by atoms with Gasteiger partial charge in [-0.05, 0) is 31.2 Å². The molecule has 2 aromatic heterocycles. The second-order valence-corrected chi connectivity index (χ2v) is 6.84. The van der Waals surface area contributed by atoms with Crippen molar-refractivity contribution in [2.75, 3.05) is 19.7 Å². The average molecular weight is 377 g/mol. The fourth-order valence-corrected chi connectivity index (χ4v) is 3.53. The van der Waals surface area contributed by atoms with Gasteiger partial charge < -0.3 is 14.2 Å². The van der Waals surface area contributed by atoms with Gasteiger partial charge in [-0.15, -0.1) is 0 Å². The Morgan fingerprint density at radius 2 is 2.00 bits per heavy atom. The Kier molecular flexibility index (Phi) is 5.21. The first kappa shape index (κ1) is 18.4. The number of morpholine rings is 1. The predicted molar refractivity (Wildman–Crippen MR) is 105 cm³/mol. The summed E-state index contributed by atoms with van der Waals surface area (Å²) in [6.45, 7) is 5.50. The molecule has 0 bridgehead atoms. The molecule has 4 rings (SSSR count). The Balaban J connectivity index is 1.58. The molecule has 6 nitrogen and oxygen atoms in total. The SMILES string of the molecule is CCc1onc(C)c1-c1cccc([C@@H]2CN(C(=O)c3ccccc3)CCO2)n1. The van der Waals surface area contributed by atoms with E-state index >= 15 is 0 Å². The van der Waals surface area contributed by atoms with Crippen LogP contribution in [-0.4, -0.2) is 40.6 Å². The largest absolute Gasteiger partial charge is 0.368 e. The monoisotopic (exact) mass is 377 g/mol. The zero-order chi connectivity index (χ0) is 19.5. The minimum atomic E-state index is -0.258. The molecule has 1 saturated heterocycles. The number of benzene rings is 1. The van der Waals surface area contributed by atoms with Crippen LogP contribution < -0.4 is 0 Å². The molecule has 1 aliphatic heterocycles. The number of hydrogen-bond donors (Lipinski definition) is 0. The van der Waals surface area contributed by atoms with E-state index in [1.54, 1.807) is 0 Å². The number of rotatable bonds is 4. The molecule has 144 valence electrons. The summed E-state index contributed by atoms with van der Waals surface area (Å²) in [6, 6.07) is 15.2. The number of pyridine rings is 1. The van der Waals surface area contributed by atoms with Crippen molar-refractivity contribution in [3.8, 4) is 11.3 Å². The summed E-state index contributed by atoms with van der Waals surface area (Å²) in [7, 11) is 0. The second kappa shape index (κ2) is 7.94. The maximum absolute atomic E-state index is 12.8. The van der Waals surface area contributed by atoms with Gasteiger partial charge in [0.15, 0.2) is 0 Å². The molecule has 1 amide bonds. The first-order valence-electron chi connectivity index (χ1n) is 9.55. The summed E-state index contributed by atoms with van der Waals surface area (Å²) in [5.41, 5.74) is 4.09. The summed E-state index contributed by atoms with van der Waals surface area (Å²) in [4.78, 5) is 19.4. The quantitative estimate of drug-likeness (QED) is 0.691. The van der Waals surface area contributed by atoms with Crippen LogP contribution in [0.2, 0.25) is 0 Å². The van der Waals surface area contributed by atoms with Crippen LogP contribution in [0.25, 0.3) is 11.3 Å². The highest BCUT2D eigenvalue weighted by Crippen LogP contribution is 2.29. The normalized spacial score (nSPS) is 16.9. The van der Waals surface area contributed by atoms with Crippen LogP contribution in [0, 0.1) is 6.92 Å². The highest BCUT2D eigenvalue weighted by Gasteiger charge is 2.27. The summed E-state index contributed by atoms with van der Waals surface area (Å²) >= 11 is 0. The standard InChI is InChI=1S/C22H23N3O3/c1-3-19-21(15(2)24-28-19)18-11-7-10-17(23-18)20-14-25(12-13-27-20)22(26)16-8-5-4-6-9-16/h4-11,20H,3,12-14H2,1-2H3/t20-/m0/s1. The van der Waals surface area contributed by atoms with Crippen LogP contribution >= 0.6 is 0 Å². The van der Waals surface area contributed by atoms with Crippen molar-refractivity contribution in [1.82, 2.24) is 15.0 Å². The van der Waals surface area contributed by atoms with Gasteiger partial charge in [0, 0.05) is 18.5 Å². The molecule has 3 aromatic rings. The number of carbonyl (C=O) groups excluding carboxylic acids is 1. The lowest BCUT2D eigenvalue weighted by atomic mass is 10.1. The van der Waals surface area contributed by atoms with Crippen molar-refractivity contribution in [3.63, 3.8) is 0 Å². The zero-order valence-electron chi connectivity index (χ0n) is 16.1. The first-order valence-corrected chi connectivity index (χ1v) is 9.55. The molecule has 1 atom stereocenters. The Morgan fingerprint density at radius 1 is 1.18 bits per heavy atom. The van der Waals surface area contributed by atoms with Crippen LogP contribution in [-0.2, 0) is 11.2 Å². The molecule has 0 spiro atoms. The van der Waals surface area contributed by atoms with Crippen molar-refractivity contribution in [3.05, 3.63) is 71.2 Å². The fourth-order valence-electron chi connectivity index (χ4n) is 3.53. The van der Waals surface area contributed by atoms with Crippen molar-refractivity contribution in [2.24, 2.45) is 0 Å². The molecule has 28 heavy (non-hydrogen) atoms. The molecular formula is C22H23N3O3. The minimum absolute atomic E-state index is 0.0215. The third-order valence-corrected chi connectivity index (χ3v) is 4.99. The topological polar surface area (TPSA) is 68.5 Å². The molecule has 1 aromatic carbocycles. The van der Waals surface area contributed by atoms with Gasteiger partial charge in [-0.2, -0.15) is 0 Å². The number of ether oxygens (including phenoxy) is 1. The highest BCUT2D eigenvalue weighted by molar-refractivity contribution is 5.94. The van der Waals surface area contributed by atoms with E-state index in [1.807, 2.05) is 67.3 Å². The van der Waals surface area contributed by atoms with Crippen LogP contribution in [0.15, 0.2) is 53.1 Å². The summed E-state index contributed by atoms with van der Waals surface area (Å²) in [5, 5.41) is 4.08. The molecule has 0 N–H and O–H groups in total. The van der Waals surface area contributed by atoms with Crippen molar-refractivity contribution < 1.29 is 14.1 Å². The van der Waals surface area contributed by atoms with E-state index in [4.69, 9.17) is 14.2 Å². The molecular weight excluding hydrogens is 354 g/mol.